The number of non-ortho nitro benzene ring substituents is 1. The van der Waals surface area contributed by atoms with Crippen LogP contribution in [0.4, 0.5) is 11.4 Å². The number of rotatable bonds is 5. The zero-order chi connectivity index (χ0) is 16.3. The van der Waals surface area contributed by atoms with Crippen molar-refractivity contribution in [2.45, 2.75) is 0 Å². The van der Waals surface area contributed by atoms with E-state index in [-0.39, 0.29) is 23.7 Å². The highest BCUT2D eigenvalue weighted by Gasteiger charge is 2.29. The van der Waals surface area contributed by atoms with Crippen molar-refractivity contribution in [3.05, 3.63) is 28.3 Å². The van der Waals surface area contributed by atoms with E-state index in [0.717, 1.165) is 11.0 Å². The van der Waals surface area contributed by atoms with E-state index in [1.807, 2.05) is 0 Å². The number of nitro groups is 1. The number of nitro benzene ring substituents is 1. The van der Waals surface area contributed by atoms with E-state index in [9.17, 15) is 24.5 Å². The highest BCUT2D eigenvalue weighted by Crippen LogP contribution is 2.34. The van der Waals surface area contributed by atoms with E-state index in [4.69, 9.17) is 9.84 Å². The fourth-order valence-electron chi connectivity index (χ4n) is 1.85. The van der Waals surface area contributed by atoms with Gasteiger partial charge in [0.15, 0.2) is 6.61 Å². The van der Waals surface area contributed by atoms with Crippen LogP contribution in [0.5, 0.6) is 5.75 Å². The minimum absolute atomic E-state index is 0.0934. The predicted octanol–water partition coefficient (Wildman–Crippen LogP) is -0.479. The summed E-state index contributed by atoms with van der Waals surface area (Å²) in [5.74, 6) is -2.25. The predicted molar refractivity (Wildman–Crippen MR) is 71.6 cm³/mol. The summed E-state index contributed by atoms with van der Waals surface area (Å²) in [6, 6.07) is 3.68. The van der Waals surface area contributed by atoms with Crippen LogP contribution >= 0.6 is 0 Å². The number of carbonyl (C=O) groups excluding carboxylic acids is 2. The van der Waals surface area contributed by atoms with Crippen LogP contribution < -0.4 is 15.0 Å². The Bertz CT molecular complexity index is 658. The second-order valence-corrected chi connectivity index (χ2v) is 4.35. The number of ether oxygens (including phenoxy) is 1. The molecule has 1 aromatic carbocycles. The Morgan fingerprint density at radius 2 is 2.18 bits per heavy atom. The number of amides is 2. The third-order valence-electron chi connectivity index (χ3n) is 2.83. The average Bonchev–Trinajstić information content (AvgIpc) is 2.47. The molecule has 0 saturated heterocycles. The van der Waals surface area contributed by atoms with E-state index in [1.165, 1.54) is 12.1 Å². The van der Waals surface area contributed by atoms with E-state index in [1.54, 1.807) is 0 Å². The van der Waals surface area contributed by atoms with Gasteiger partial charge in [0.2, 0.25) is 5.91 Å². The zero-order valence-corrected chi connectivity index (χ0v) is 11.1. The molecule has 116 valence electrons. The first kappa shape index (κ1) is 15.2. The smallest absolute Gasteiger partial charge is 0.322 e. The highest BCUT2D eigenvalue weighted by atomic mass is 16.6. The van der Waals surface area contributed by atoms with Crippen LogP contribution in [0.15, 0.2) is 18.2 Å². The van der Waals surface area contributed by atoms with Gasteiger partial charge in [-0.25, -0.2) is 0 Å². The maximum absolute atomic E-state index is 11.8. The van der Waals surface area contributed by atoms with Gasteiger partial charge in [-0.3, -0.25) is 29.4 Å². The minimum atomic E-state index is -1.22. The molecule has 1 aliphatic rings. The van der Waals surface area contributed by atoms with Crippen LogP contribution in [0, 0.1) is 10.1 Å². The lowest BCUT2D eigenvalue weighted by Gasteiger charge is -2.28. The SMILES string of the molecule is O=C(O)CNC(=O)CN1C(=O)COc2ccc([N+](=O)[O-])cc21. The third kappa shape index (κ3) is 3.29. The number of anilines is 1. The summed E-state index contributed by atoms with van der Waals surface area (Å²) >= 11 is 0. The van der Waals surface area contributed by atoms with Crippen molar-refractivity contribution in [1.29, 1.82) is 0 Å². The molecule has 2 rings (SSSR count). The molecular weight excluding hydrogens is 298 g/mol. The van der Waals surface area contributed by atoms with Crippen molar-refractivity contribution < 1.29 is 29.2 Å². The first-order valence-electron chi connectivity index (χ1n) is 6.08. The Balaban J connectivity index is 2.23. The lowest BCUT2D eigenvalue weighted by Crippen LogP contribution is -2.46. The molecular formula is C12H11N3O7. The van der Waals surface area contributed by atoms with Gasteiger partial charge in [-0.1, -0.05) is 0 Å². The minimum Gasteiger partial charge on any atom is -0.482 e. The molecule has 0 aliphatic carbocycles. The molecule has 0 spiro atoms. The molecule has 0 unspecified atom stereocenters. The van der Waals surface area contributed by atoms with Crippen LogP contribution in [0.25, 0.3) is 0 Å². The molecule has 1 heterocycles. The van der Waals surface area contributed by atoms with Crippen molar-refractivity contribution in [2.75, 3.05) is 24.6 Å². The molecule has 2 amide bonds. The normalized spacial score (nSPS) is 13.1. The number of hydrogen-bond donors (Lipinski definition) is 2. The van der Waals surface area contributed by atoms with Gasteiger partial charge >= 0.3 is 5.97 Å². The van der Waals surface area contributed by atoms with Crippen molar-refractivity contribution in [2.24, 2.45) is 0 Å². The van der Waals surface area contributed by atoms with Gasteiger partial charge in [0.05, 0.1) is 10.6 Å². The molecule has 0 atom stereocenters. The molecule has 0 radical (unpaired) electrons. The summed E-state index contributed by atoms with van der Waals surface area (Å²) in [4.78, 5) is 45.1. The molecule has 1 aliphatic heterocycles. The van der Waals surface area contributed by atoms with E-state index in [0.29, 0.717) is 0 Å². The van der Waals surface area contributed by atoms with Gasteiger partial charge < -0.3 is 15.2 Å². The van der Waals surface area contributed by atoms with Crippen molar-refractivity contribution >= 4 is 29.2 Å². The van der Waals surface area contributed by atoms with Crippen LogP contribution in [-0.2, 0) is 14.4 Å². The lowest BCUT2D eigenvalue weighted by molar-refractivity contribution is -0.384. The average molecular weight is 309 g/mol. The van der Waals surface area contributed by atoms with Gasteiger partial charge in [0.25, 0.3) is 11.6 Å². The van der Waals surface area contributed by atoms with Crippen LogP contribution in [0.2, 0.25) is 0 Å². The van der Waals surface area contributed by atoms with E-state index < -0.39 is 35.8 Å². The number of benzene rings is 1. The molecule has 10 nitrogen and oxygen atoms in total. The maximum Gasteiger partial charge on any atom is 0.322 e. The maximum atomic E-state index is 11.8. The summed E-state index contributed by atoms with van der Waals surface area (Å²) in [5.41, 5.74) is -0.163. The number of carboxylic acid groups (broad SMARTS) is 1. The van der Waals surface area contributed by atoms with E-state index >= 15 is 0 Å². The summed E-state index contributed by atoms with van der Waals surface area (Å²) in [7, 11) is 0. The monoisotopic (exact) mass is 309 g/mol. The third-order valence-corrected chi connectivity index (χ3v) is 2.83. The van der Waals surface area contributed by atoms with Gasteiger partial charge in [-0.15, -0.1) is 0 Å². The Hall–Kier alpha value is -3.17. The second kappa shape index (κ2) is 6.08. The second-order valence-electron chi connectivity index (χ2n) is 4.35. The van der Waals surface area contributed by atoms with Crippen molar-refractivity contribution in [1.82, 2.24) is 5.32 Å². The van der Waals surface area contributed by atoms with Gasteiger partial charge in [-0.05, 0) is 6.07 Å². The largest absolute Gasteiger partial charge is 0.482 e. The lowest BCUT2D eigenvalue weighted by atomic mass is 10.2. The number of nitrogens with zero attached hydrogens (tertiary/aromatic N) is 2. The quantitative estimate of drug-likeness (QED) is 0.553. The number of carbonyl (C=O) groups is 3. The van der Waals surface area contributed by atoms with Crippen molar-refractivity contribution in [3.63, 3.8) is 0 Å². The van der Waals surface area contributed by atoms with Crippen LogP contribution in [0.3, 0.4) is 0 Å². The molecule has 1 aromatic rings. The first-order chi connectivity index (χ1) is 10.4. The summed E-state index contributed by atoms with van der Waals surface area (Å²) in [6.07, 6.45) is 0. The number of fused-ring (bicyclic) bond motifs is 1. The first-order valence-corrected chi connectivity index (χ1v) is 6.08. The molecule has 2 N–H and O–H groups in total. The number of aliphatic carboxylic acids is 1. The van der Waals surface area contributed by atoms with Crippen LogP contribution in [0.1, 0.15) is 0 Å². The summed E-state index contributed by atoms with van der Waals surface area (Å²) < 4.78 is 5.14. The Labute approximate surface area is 123 Å². The molecule has 0 bridgehead atoms. The van der Waals surface area contributed by atoms with Crippen LogP contribution in [-0.4, -0.2) is 47.5 Å². The fraction of sp³-hybridized carbons (Fsp3) is 0.250. The standard InChI is InChI=1S/C12H11N3O7/c16-10(13-4-12(18)19)5-14-8-3-7(15(20)21)1-2-9(8)22-6-11(14)17/h1-3H,4-6H2,(H,13,16)(H,18,19). The summed E-state index contributed by atoms with van der Waals surface area (Å²) in [5, 5.41) is 21.4. The molecule has 0 fully saturated rings. The Morgan fingerprint density at radius 3 is 2.82 bits per heavy atom. The van der Waals surface area contributed by atoms with Gasteiger partial charge in [0.1, 0.15) is 18.8 Å². The Kier molecular flexibility index (Phi) is 4.20. The molecule has 22 heavy (non-hydrogen) atoms. The number of hydrogen-bond acceptors (Lipinski definition) is 6. The molecule has 0 saturated carbocycles. The molecule has 10 heteroatoms. The number of carboxylic acids is 1. The van der Waals surface area contributed by atoms with Gasteiger partial charge in [0, 0.05) is 12.1 Å². The highest BCUT2D eigenvalue weighted by molar-refractivity contribution is 6.02. The van der Waals surface area contributed by atoms with Crippen molar-refractivity contribution in [3.8, 4) is 5.75 Å². The molecule has 0 aromatic heterocycles. The van der Waals surface area contributed by atoms with E-state index in [2.05, 4.69) is 5.32 Å². The topological polar surface area (TPSA) is 139 Å². The summed E-state index contributed by atoms with van der Waals surface area (Å²) in [6.45, 7) is -1.35. The Morgan fingerprint density at radius 1 is 1.45 bits per heavy atom. The van der Waals surface area contributed by atoms with Gasteiger partial charge in [-0.2, -0.15) is 0 Å². The zero-order valence-electron chi connectivity index (χ0n) is 11.1. The fourth-order valence-corrected chi connectivity index (χ4v) is 1.85. The number of nitrogens with one attached hydrogen (secondary N) is 1.